The highest BCUT2D eigenvalue weighted by atomic mass is 79.9. The number of methoxy groups -OCH3 is 1. The van der Waals surface area contributed by atoms with Crippen molar-refractivity contribution in [1.82, 2.24) is 10.3 Å². The van der Waals surface area contributed by atoms with Crippen LogP contribution >= 0.6 is 15.9 Å². The number of amides is 2. The molecule has 0 aliphatic rings. The molecule has 0 saturated heterocycles. The number of carbonyl (C=O) groups excluding carboxylic acids is 1. The highest BCUT2D eigenvalue weighted by Crippen LogP contribution is 2.22. The van der Waals surface area contributed by atoms with Crippen molar-refractivity contribution in [2.75, 3.05) is 19.0 Å². The molecule has 0 saturated carbocycles. The Kier molecular flexibility index (Phi) is 6.74. The van der Waals surface area contributed by atoms with Gasteiger partial charge in [0.05, 0.1) is 25.4 Å². The van der Waals surface area contributed by atoms with E-state index in [1.165, 1.54) is 7.11 Å². The molecule has 1 rings (SSSR count). The highest BCUT2D eigenvalue weighted by molar-refractivity contribution is 9.10. The number of anilines is 1. The molecule has 3 N–H and O–H groups in total. The molecule has 1 atom stereocenters. The van der Waals surface area contributed by atoms with E-state index in [0.29, 0.717) is 28.5 Å². The van der Waals surface area contributed by atoms with Crippen LogP contribution in [0, 0.1) is 5.92 Å². The number of carbonyl (C=O) groups is 1. The van der Waals surface area contributed by atoms with E-state index in [2.05, 4.69) is 31.5 Å². The van der Waals surface area contributed by atoms with E-state index in [4.69, 9.17) is 4.74 Å². The zero-order chi connectivity index (χ0) is 15.1. The minimum atomic E-state index is -0.377. The summed E-state index contributed by atoms with van der Waals surface area (Å²) in [5, 5.41) is 14.6. The second-order valence-corrected chi connectivity index (χ2v) is 5.55. The van der Waals surface area contributed by atoms with Crippen LogP contribution in [0.5, 0.6) is 5.88 Å². The Morgan fingerprint density at radius 1 is 1.50 bits per heavy atom. The Morgan fingerprint density at radius 2 is 2.20 bits per heavy atom. The maximum atomic E-state index is 11.9. The van der Waals surface area contributed by atoms with Crippen LogP contribution in [-0.2, 0) is 0 Å². The van der Waals surface area contributed by atoms with E-state index >= 15 is 0 Å². The summed E-state index contributed by atoms with van der Waals surface area (Å²) in [7, 11) is 1.52. The number of hydrogen-bond donors (Lipinski definition) is 3. The zero-order valence-electron chi connectivity index (χ0n) is 11.8. The molecular weight excluding hydrogens is 326 g/mol. The summed E-state index contributed by atoms with van der Waals surface area (Å²) in [6, 6.07) is 2.70. The van der Waals surface area contributed by atoms with E-state index in [9.17, 15) is 9.90 Å². The number of nitrogens with one attached hydrogen (secondary N) is 2. The average Bonchev–Trinajstić information content (AvgIpc) is 2.39. The zero-order valence-corrected chi connectivity index (χ0v) is 13.4. The number of aromatic nitrogens is 1. The molecule has 112 valence electrons. The topological polar surface area (TPSA) is 83.5 Å². The van der Waals surface area contributed by atoms with E-state index < -0.39 is 0 Å². The van der Waals surface area contributed by atoms with Gasteiger partial charge in [-0.15, -0.1) is 0 Å². The van der Waals surface area contributed by atoms with Crippen molar-refractivity contribution >= 4 is 27.6 Å². The molecule has 0 fully saturated rings. The van der Waals surface area contributed by atoms with Gasteiger partial charge in [0.2, 0.25) is 5.88 Å². The molecule has 6 nitrogen and oxygen atoms in total. The Balaban J connectivity index is 2.61. The number of ether oxygens (including phenoxy) is 1. The fourth-order valence-electron chi connectivity index (χ4n) is 1.72. The van der Waals surface area contributed by atoms with Crippen LogP contribution in [0.3, 0.4) is 0 Å². The molecule has 0 spiro atoms. The minimum absolute atomic E-state index is 0.0897. The maximum Gasteiger partial charge on any atom is 0.319 e. The molecule has 20 heavy (non-hydrogen) atoms. The van der Waals surface area contributed by atoms with Crippen molar-refractivity contribution in [3.8, 4) is 5.88 Å². The number of aliphatic hydroxyl groups is 1. The molecule has 0 bridgehead atoms. The van der Waals surface area contributed by atoms with Crippen molar-refractivity contribution in [3.05, 3.63) is 16.7 Å². The second kappa shape index (κ2) is 8.06. The Labute approximate surface area is 127 Å². The molecule has 0 aromatic carbocycles. The molecule has 0 unspecified atom stereocenters. The van der Waals surface area contributed by atoms with E-state index in [1.54, 1.807) is 12.1 Å². The van der Waals surface area contributed by atoms with Gasteiger partial charge in [-0.1, -0.05) is 13.8 Å². The lowest BCUT2D eigenvalue weighted by atomic mass is 10.0. The molecule has 1 aromatic rings. The third kappa shape index (κ3) is 5.34. The van der Waals surface area contributed by atoms with Gasteiger partial charge in [-0.05, 0) is 34.3 Å². The fraction of sp³-hybridized carbons (Fsp3) is 0.538. The number of halogens is 1. The lowest BCUT2D eigenvalue weighted by molar-refractivity contribution is 0.214. The van der Waals surface area contributed by atoms with Gasteiger partial charge in [-0.25, -0.2) is 9.78 Å². The van der Waals surface area contributed by atoms with Gasteiger partial charge in [0.15, 0.2) is 0 Å². The third-order valence-corrected chi connectivity index (χ3v) is 3.20. The van der Waals surface area contributed by atoms with Crippen molar-refractivity contribution in [2.24, 2.45) is 5.92 Å². The quantitative estimate of drug-likeness (QED) is 0.691. The van der Waals surface area contributed by atoms with Gasteiger partial charge < -0.3 is 20.5 Å². The predicted octanol–water partition coefficient (Wildman–Crippen LogP) is 2.38. The normalized spacial score (nSPS) is 12.1. The Morgan fingerprint density at radius 3 is 2.70 bits per heavy atom. The maximum absolute atomic E-state index is 11.9. The molecule has 0 aliphatic heterocycles. The predicted molar refractivity (Wildman–Crippen MR) is 81.0 cm³/mol. The van der Waals surface area contributed by atoms with Crippen molar-refractivity contribution in [1.29, 1.82) is 0 Å². The molecule has 2 amide bonds. The number of nitrogens with zero attached hydrogens (tertiary/aromatic N) is 1. The van der Waals surface area contributed by atoms with Crippen LogP contribution in [0.25, 0.3) is 0 Å². The summed E-state index contributed by atoms with van der Waals surface area (Å²) in [5.41, 5.74) is 0.532. The first-order valence-corrected chi connectivity index (χ1v) is 7.14. The van der Waals surface area contributed by atoms with Crippen molar-refractivity contribution in [3.63, 3.8) is 0 Å². The first-order valence-electron chi connectivity index (χ1n) is 6.35. The molecular formula is C13H20BrN3O3. The van der Waals surface area contributed by atoms with Crippen molar-refractivity contribution in [2.45, 2.75) is 26.3 Å². The highest BCUT2D eigenvalue weighted by Gasteiger charge is 2.14. The molecule has 1 aromatic heterocycles. The van der Waals surface area contributed by atoms with Gasteiger partial charge in [0, 0.05) is 6.07 Å². The van der Waals surface area contributed by atoms with Crippen LogP contribution in [0.2, 0.25) is 0 Å². The third-order valence-electron chi connectivity index (χ3n) is 2.59. The van der Waals surface area contributed by atoms with Crippen LogP contribution in [0.4, 0.5) is 10.5 Å². The van der Waals surface area contributed by atoms with Gasteiger partial charge in [-0.2, -0.15) is 0 Å². The van der Waals surface area contributed by atoms with E-state index in [0.717, 1.165) is 0 Å². The van der Waals surface area contributed by atoms with E-state index in [-0.39, 0.29) is 18.7 Å². The van der Waals surface area contributed by atoms with Crippen LogP contribution in [0.15, 0.2) is 16.7 Å². The summed E-state index contributed by atoms with van der Waals surface area (Å²) in [6.45, 7) is 3.98. The largest absolute Gasteiger partial charge is 0.481 e. The number of pyridine rings is 1. The van der Waals surface area contributed by atoms with Crippen LogP contribution in [0.1, 0.15) is 20.3 Å². The van der Waals surface area contributed by atoms with Gasteiger partial charge in [-0.3, -0.25) is 0 Å². The molecule has 0 radical (unpaired) electrons. The van der Waals surface area contributed by atoms with Gasteiger partial charge in [0.25, 0.3) is 0 Å². The molecule has 1 heterocycles. The molecule has 0 aliphatic carbocycles. The Bertz CT molecular complexity index is 454. The minimum Gasteiger partial charge on any atom is -0.481 e. The SMILES string of the molecule is COc1ccc(NC(=O)N[C@H](CO)CC(C)C)c(Br)n1. The number of urea groups is 1. The second-order valence-electron chi connectivity index (χ2n) is 4.80. The van der Waals surface area contributed by atoms with Crippen molar-refractivity contribution < 1.29 is 14.6 Å². The summed E-state index contributed by atoms with van der Waals surface area (Å²) >= 11 is 3.26. The van der Waals surface area contributed by atoms with Crippen LogP contribution in [-0.4, -0.2) is 35.9 Å². The first kappa shape index (κ1) is 16.7. The monoisotopic (exact) mass is 345 g/mol. The Hall–Kier alpha value is -1.34. The number of aliphatic hydroxyl groups excluding tert-OH is 1. The standard InChI is InChI=1S/C13H20BrN3O3/c1-8(2)6-9(7-18)15-13(19)16-10-4-5-11(20-3)17-12(10)14/h4-5,8-9,18H,6-7H2,1-3H3,(H2,15,16,19)/t9-/m0/s1. The van der Waals surface area contributed by atoms with E-state index in [1.807, 2.05) is 13.8 Å². The van der Waals surface area contributed by atoms with Crippen LogP contribution < -0.4 is 15.4 Å². The fourth-order valence-corrected chi connectivity index (χ4v) is 2.12. The summed E-state index contributed by atoms with van der Waals surface area (Å²) in [6.07, 6.45) is 0.714. The lowest BCUT2D eigenvalue weighted by Gasteiger charge is -2.18. The summed E-state index contributed by atoms with van der Waals surface area (Å²) < 4.78 is 5.46. The number of hydrogen-bond acceptors (Lipinski definition) is 4. The average molecular weight is 346 g/mol. The first-order chi connectivity index (χ1) is 9.46. The van der Waals surface area contributed by atoms with Gasteiger partial charge >= 0.3 is 6.03 Å². The molecule has 7 heteroatoms. The van der Waals surface area contributed by atoms with Gasteiger partial charge in [0.1, 0.15) is 4.60 Å². The summed E-state index contributed by atoms with van der Waals surface area (Å²) in [4.78, 5) is 16.0. The lowest BCUT2D eigenvalue weighted by Crippen LogP contribution is -2.41. The summed E-state index contributed by atoms with van der Waals surface area (Å²) in [5.74, 6) is 0.845. The number of rotatable bonds is 6. The smallest absolute Gasteiger partial charge is 0.319 e.